The van der Waals surface area contributed by atoms with E-state index in [4.69, 9.17) is 5.73 Å². The first kappa shape index (κ1) is 11.4. The fourth-order valence-electron chi connectivity index (χ4n) is 1.26. The van der Waals surface area contributed by atoms with Crippen LogP contribution in [0.2, 0.25) is 0 Å². The van der Waals surface area contributed by atoms with Crippen LogP contribution in [-0.2, 0) is 6.18 Å². The Morgan fingerprint density at radius 1 is 1.29 bits per heavy atom. The molecule has 90 valence electrons. The largest absolute Gasteiger partial charge is 0.419 e. The van der Waals surface area contributed by atoms with Gasteiger partial charge in [0.15, 0.2) is 5.82 Å². The SMILES string of the molecule is Cc1cnc(N)nc1-n1cc(C(F)(F)F)cn1. The van der Waals surface area contributed by atoms with Crippen molar-refractivity contribution in [3.8, 4) is 5.82 Å². The molecule has 0 saturated carbocycles. The van der Waals surface area contributed by atoms with Gasteiger partial charge in [-0.1, -0.05) is 0 Å². The molecule has 0 bridgehead atoms. The summed E-state index contributed by atoms with van der Waals surface area (Å²) in [6.45, 7) is 1.66. The molecule has 0 fully saturated rings. The lowest BCUT2D eigenvalue weighted by molar-refractivity contribution is -0.137. The zero-order valence-electron chi connectivity index (χ0n) is 8.73. The molecule has 0 radical (unpaired) electrons. The minimum Gasteiger partial charge on any atom is -0.368 e. The van der Waals surface area contributed by atoms with Crippen LogP contribution in [0.25, 0.3) is 5.82 Å². The number of rotatable bonds is 1. The molecule has 2 heterocycles. The minimum atomic E-state index is -4.43. The van der Waals surface area contributed by atoms with Gasteiger partial charge in [-0.2, -0.15) is 23.3 Å². The third-order valence-corrected chi connectivity index (χ3v) is 2.09. The second-order valence-electron chi connectivity index (χ2n) is 3.41. The lowest BCUT2D eigenvalue weighted by Gasteiger charge is -2.04. The molecule has 0 amide bonds. The number of hydrogen-bond donors (Lipinski definition) is 1. The average molecular weight is 243 g/mol. The number of halogens is 3. The fourth-order valence-corrected chi connectivity index (χ4v) is 1.26. The summed E-state index contributed by atoms with van der Waals surface area (Å²) in [5, 5.41) is 3.61. The van der Waals surface area contributed by atoms with Gasteiger partial charge in [0, 0.05) is 18.0 Å². The highest BCUT2D eigenvalue weighted by Gasteiger charge is 2.32. The monoisotopic (exact) mass is 243 g/mol. The highest BCUT2D eigenvalue weighted by atomic mass is 19.4. The number of aryl methyl sites for hydroxylation is 1. The van der Waals surface area contributed by atoms with Gasteiger partial charge in [-0.15, -0.1) is 0 Å². The molecule has 0 spiro atoms. The Balaban J connectivity index is 2.47. The zero-order valence-corrected chi connectivity index (χ0v) is 8.73. The van der Waals surface area contributed by atoms with Crippen molar-refractivity contribution in [3.05, 3.63) is 29.7 Å². The quantitative estimate of drug-likeness (QED) is 0.825. The van der Waals surface area contributed by atoms with Gasteiger partial charge >= 0.3 is 6.18 Å². The zero-order chi connectivity index (χ0) is 12.6. The van der Waals surface area contributed by atoms with E-state index in [1.807, 2.05) is 0 Å². The van der Waals surface area contributed by atoms with Crippen molar-refractivity contribution in [3.63, 3.8) is 0 Å². The molecule has 2 aromatic rings. The standard InChI is InChI=1S/C9H8F3N5/c1-5-2-14-8(13)16-7(5)17-4-6(3-15-17)9(10,11)12/h2-4H,1H3,(H2,13,14,16). The van der Waals surface area contributed by atoms with E-state index in [-0.39, 0.29) is 11.8 Å². The Hall–Kier alpha value is -2.12. The minimum absolute atomic E-state index is 0.0188. The molecule has 0 unspecified atom stereocenters. The molecule has 0 aliphatic rings. The number of alkyl halides is 3. The summed E-state index contributed by atoms with van der Waals surface area (Å²) >= 11 is 0. The summed E-state index contributed by atoms with van der Waals surface area (Å²) in [6.07, 6.45) is -1.41. The molecule has 17 heavy (non-hydrogen) atoms. The summed E-state index contributed by atoms with van der Waals surface area (Å²) in [5.41, 5.74) is 5.11. The molecule has 0 aliphatic heterocycles. The first-order valence-corrected chi connectivity index (χ1v) is 4.59. The van der Waals surface area contributed by atoms with E-state index in [0.717, 1.165) is 17.1 Å². The molecular weight excluding hydrogens is 235 g/mol. The highest BCUT2D eigenvalue weighted by Crippen LogP contribution is 2.29. The number of nitrogens with zero attached hydrogens (tertiary/aromatic N) is 4. The Kier molecular flexibility index (Phi) is 2.49. The van der Waals surface area contributed by atoms with E-state index in [0.29, 0.717) is 5.56 Å². The van der Waals surface area contributed by atoms with Crippen LogP contribution in [0.5, 0.6) is 0 Å². The maximum Gasteiger partial charge on any atom is 0.419 e. The Bertz CT molecular complexity index is 546. The average Bonchev–Trinajstić information content (AvgIpc) is 2.70. The second-order valence-corrected chi connectivity index (χ2v) is 3.41. The van der Waals surface area contributed by atoms with Crippen molar-refractivity contribution in [1.82, 2.24) is 19.7 Å². The summed E-state index contributed by atoms with van der Waals surface area (Å²) < 4.78 is 38.2. The van der Waals surface area contributed by atoms with Gasteiger partial charge in [0.1, 0.15) is 0 Å². The van der Waals surface area contributed by atoms with E-state index in [9.17, 15) is 13.2 Å². The molecule has 8 heteroatoms. The van der Waals surface area contributed by atoms with E-state index in [1.54, 1.807) is 6.92 Å². The second kappa shape index (κ2) is 3.72. The maximum absolute atomic E-state index is 12.4. The van der Waals surface area contributed by atoms with Crippen molar-refractivity contribution < 1.29 is 13.2 Å². The van der Waals surface area contributed by atoms with Crippen LogP contribution in [-0.4, -0.2) is 19.7 Å². The topological polar surface area (TPSA) is 69.6 Å². The lowest BCUT2D eigenvalue weighted by atomic mass is 10.3. The molecule has 2 aromatic heterocycles. The Morgan fingerprint density at radius 3 is 2.59 bits per heavy atom. The van der Waals surface area contributed by atoms with Gasteiger partial charge in [0.2, 0.25) is 5.95 Å². The third kappa shape index (κ3) is 2.19. The Morgan fingerprint density at radius 2 is 2.00 bits per heavy atom. The number of aromatic nitrogens is 4. The van der Waals surface area contributed by atoms with Gasteiger partial charge in [-0.05, 0) is 6.92 Å². The van der Waals surface area contributed by atoms with Crippen LogP contribution in [0.3, 0.4) is 0 Å². The van der Waals surface area contributed by atoms with Crippen LogP contribution in [0.1, 0.15) is 11.1 Å². The van der Waals surface area contributed by atoms with E-state index in [2.05, 4.69) is 15.1 Å². The molecule has 2 N–H and O–H groups in total. The van der Waals surface area contributed by atoms with E-state index >= 15 is 0 Å². The molecule has 0 saturated heterocycles. The van der Waals surface area contributed by atoms with Gasteiger partial charge in [0.25, 0.3) is 0 Å². The van der Waals surface area contributed by atoms with Gasteiger partial charge < -0.3 is 5.73 Å². The van der Waals surface area contributed by atoms with Crippen molar-refractivity contribution >= 4 is 5.95 Å². The van der Waals surface area contributed by atoms with Crippen molar-refractivity contribution in [1.29, 1.82) is 0 Å². The summed E-state index contributed by atoms with van der Waals surface area (Å²) in [5.74, 6) is 0.211. The third-order valence-electron chi connectivity index (χ3n) is 2.09. The highest BCUT2D eigenvalue weighted by molar-refractivity contribution is 5.35. The normalized spacial score (nSPS) is 11.8. The Labute approximate surface area is 94.1 Å². The van der Waals surface area contributed by atoms with Gasteiger partial charge in [-0.25, -0.2) is 9.67 Å². The number of nitrogen functional groups attached to an aromatic ring is 1. The van der Waals surface area contributed by atoms with E-state index in [1.165, 1.54) is 6.20 Å². The van der Waals surface area contributed by atoms with Crippen LogP contribution in [0, 0.1) is 6.92 Å². The molecule has 2 rings (SSSR count). The van der Waals surface area contributed by atoms with Gasteiger partial charge in [0.05, 0.1) is 11.8 Å². The van der Waals surface area contributed by atoms with E-state index < -0.39 is 11.7 Å². The van der Waals surface area contributed by atoms with Crippen LogP contribution in [0.4, 0.5) is 19.1 Å². The first-order valence-electron chi connectivity index (χ1n) is 4.59. The fraction of sp³-hybridized carbons (Fsp3) is 0.222. The summed E-state index contributed by atoms with van der Waals surface area (Å²) in [7, 11) is 0. The van der Waals surface area contributed by atoms with Crippen molar-refractivity contribution in [2.24, 2.45) is 0 Å². The van der Waals surface area contributed by atoms with Crippen LogP contribution < -0.4 is 5.73 Å². The lowest BCUT2D eigenvalue weighted by Crippen LogP contribution is -2.06. The number of anilines is 1. The van der Waals surface area contributed by atoms with Gasteiger partial charge in [-0.3, -0.25) is 0 Å². The molecule has 0 aromatic carbocycles. The van der Waals surface area contributed by atoms with Crippen molar-refractivity contribution in [2.75, 3.05) is 5.73 Å². The first-order chi connectivity index (χ1) is 7.88. The molecular formula is C9H8F3N5. The molecule has 0 atom stereocenters. The summed E-state index contributed by atoms with van der Waals surface area (Å²) in [4.78, 5) is 7.56. The van der Waals surface area contributed by atoms with Crippen molar-refractivity contribution in [2.45, 2.75) is 13.1 Å². The predicted octanol–water partition coefficient (Wildman–Crippen LogP) is 1.57. The molecule has 0 aliphatic carbocycles. The van der Waals surface area contributed by atoms with Crippen LogP contribution in [0.15, 0.2) is 18.6 Å². The van der Waals surface area contributed by atoms with Crippen LogP contribution >= 0.6 is 0 Å². The number of nitrogens with two attached hydrogens (primary N) is 1. The predicted molar refractivity (Wildman–Crippen MR) is 53.3 cm³/mol. The smallest absolute Gasteiger partial charge is 0.368 e. The number of hydrogen-bond acceptors (Lipinski definition) is 4. The maximum atomic E-state index is 12.4. The summed E-state index contributed by atoms with van der Waals surface area (Å²) in [6, 6.07) is 0. The molecule has 5 nitrogen and oxygen atoms in total.